The van der Waals surface area contributed by atoms with E-state index in [0.717, 1.165) is 91.5 Å². The summed E-state index contributed by atoms with van der Waals surface area (Å²) >= 11 is 68.6. The van der Waals surface area contributed by atoms with Crippen LogP contribution in [0.5, 0.6) is 0 Å². The van der Waals surface area contributed by atoms with Crippen molar-refractivity contribution in [2.45, 2.75) is 163 Å². The van der Waals surface area contributed by atoms with Gasteiger partial charge in [0.25, 0.3) is 19.3 Å². The van der Waals surface area contributed by atoms with Crippen LogP contribution in [0.1, 0.15) is 175 Å². The van der Waals surface area contributed by atoms with Gasteiger partial charge >= 0.3 is 19.1 Å². The minimum atomic E-state index is -2.76. The molecule has 12 aromatic rings. The highest BCUT2D eigenvalue weighted by molar-refractivity contribution is 9.11. The molecular formula is C86H79BBr6Cl8F6N8O9S2. The third-order valence-electron chi connectivity index (χ3n) is 17.7. The molecule has 2 atom stereocenters. The summed E-state index contributed by atoms with van der Waals surface area (Å²) in [7, 11) is -0.866. The second kappa shape index (κ2) is 48.5. The van der Waals surface area contributed by atoms with E-state index in [1.54, 1.807) is 56.6 Å². The fourth-order valence-corrected chi connectivity index (χ4v) is 18.2. The molecule has 4 aromatic carbocycles. The van der Waals surface area contributed by atoms with Crippen LogP contribution in [0.3, 0.4) is 0 Å². The van der Waals surface area contributed by atoms with Gasteiger partial charge in [0.2, 0.25) is 0 Å². The van der Waals surface area contributed by atoms with Crippen LogP contribution in [0.4, 0.5) is 26.3 Å². The maximum atomic E-state index is 13.8. The third-order valence-corrected chi connectivity index (χ3v) is 25.7. The Labute approximate surface area is 824 Å². The standard InChI is InChI=1S/C28H26Cl2F2N2O3S.C22H23BrClNO3S.C12H15BClF2NO2.C6H4Br2ClN.C6H3BrClF2N.C6H3BrClNO.C6H5BrClN/c1-6-36-27(35)23(37-28(3,4)5)21-14(2)11-19-24(22(21)15-7-9-16(29)10-8-15)38-26(34-19)17-12-20(30)33-13-18(17)25(31)32;1-6-27-20(26)18(28-22(3,4)5)16-12(2)11-15-19(29-21(23)25-15)17(16)13-7-9-14(24)10-8-13;1-11(2)12(3,4)19-13(18-11)8-5-9(14)17-6-7(8)10(15)16;7-2-4-3-10-6(9)1-5(4)8;7-4-1-5(8)11-2-3(4)6(9)10;7-5-1-6(8)9-2-4(5)3-10;1-4-3-9-6(8)2-5(4)7/h7-13,23,25H,6H2,1-5H3;7-11,18H,6H2,1-5H3;5-6,10H,1-4H3;1,3H,2H2;1-2,6H;1-3H;2-3H,1H3/t23-;18-;;;;;/m00...../s1. The lowest BCUT2D eigenvalue weighted by Gasteiger charge is -2.32. The van der Waals surface area contributed by atoms with Crippen LogP contribution in [-0.4, -0.2) is 101 Å². The van der Waals surface area contributed by atoms with Gasteiger partial charge in [0.1, 0.15) is 35.9 Å². The minimum absolute atomic E-state index is 0.0828. The number of aromatic nitrogens is 8. The number of aryl methyl sites for hydroxylation is 3. The van der Waals surface area contributed by atoms with Gasteiger partial charge in [0.05, 0.1) is 61.6 Å². The molecule has 40 heteroatoms. The topological polar surface area (TPSA) is 210 Å². The fourth-order valence-electron chi connectivity index (χ4n) is 11.3. The number of nitrogens with zero attached hydrogens (tertiary/aromatic N) is 8. The first-order chi connectivity index (χ1) is 58.9. The van der Waals surface area contributed by atoms with Crippen molar-refractivity contribution < 1.29 is 69.0 Å². The van der Waals surface area contributed by atoms with Crippen LogP contribution < -0.4 is 5.46 Å². The molecule has 0 bridgehead atoms. The number of fused-ring (bicyclic) bond motifs is 2. The zero-order valence-electron chi connectivity index (χ0n) is 69.5. The van der Waals surface area contributed by atoms with Crippen LogP contribution in [0.15, 0.2) is 156 Å². The summed E-state index contributed by atoms with van der Waals surface area (Å²) in [5.41, 5.74) is 7.97. The Bertz CT molecular complexity index is 5790. The first-order valence-corrected chi connectivity index (χ1v) is 47.1. The molecule has 1 saturated heterocycles. The number of hydrogen-bond acceptors (Lipinski definition) is 19. The average molecular weight is 2320 g/mol. The van der Waals surface area contributed by atoms with Crippen LogP contribution in [0.25, 0.3) is 53.3 Å². The second-order valence-electron chi connectivity index (χ2n) is 29.8. The van der Waals surface area contributed by atoms with Gasteiger partial charge in [-0.1, -0.05) is 181 Å². The lowest BCUT2D eigenvalue weighted by atomic mass is 9.77. The first kappa shape index (κ1) is 108. The fraction of sp³-hybridized carbons (Fsp3) is 0.314. The number of benzene rings is 4. The number of hydrogen-bond donors (Lipinski definition) is 0. The minimum Gasteiger partial charge on any atom is -0.464 e. The van der Waals surface area contributed by atoms with Crippen molar-refractivity contribution in [1.82, 2.24) is 39.9 Å². The van der Waals surface area contributed by atoms with E-state index in [1.807, 2.05) is 139 Å². The summed E-state index contributed by atoms with van der Waals surface area (Å²) in [5.74, 6) is -0.922. The van der Waals surface area contributed by atoms with E-state index >= 15 is 0 Å². The number of esters is 2. The van der Waals surface area contributed by atoms with Crippen molar-refractivity contribution in [3.63, 3.8) is 0 Å². The molecule has 13 rings (SSSR count). The van der Waals surface area contributed by atoms with Crippen molar-refractivity contribution in [1.29, 1.82) is 0 Å². The van der Waals surface area contributed by atoms with Gasteiger partial charge in [-0.15, -0.1) is 22.7 Å². The molecule has 9 heterocycles. The van der Waals surface area contributed by atoms with Gasteiger partial charge in [-0.2, -0.15) is 0 Å². The SMILES string of the molecule is CC1(C)OB(c2cc(Cl)ncc2C(F)F)OC1(C)C.CCOC(=O)[C@@H](OC(C)(C)C)c1c(C)cc2nc(-c3cc(Cl)ncc3C(F)F)sc2c1-c1ccc(Cl)cc1.CCOC(=O)[C@@H](OC(C)(C)C)c1c(C)cc2nc(Br)sc2c1-c1ccc(Cl)cc1.Cc1cnc(Cl)cc1Br.Clc1cc(Br)c(CBr)cn1.FC(F)c1cnc(Cl)cc1Br.O=Cc1cnc(Cl)cc1Br. The Hall–Kier alpha value is -5.15. The number of thiazole rings is 2. The van der Waals surface area contributed by atoms with Gasteiger partial charge in [0.15, 0.2) is 22.4 Å². The smallest absolute Gasteiger partial charge is 0.464 e. The Morgan fingerprint density at radius 1 is 0.492 bits per heavy atom. The highest BCUT2D eigenvalue weighted by Crippen LogP contribution is 2.48. The predicted molar refractivity (Wildman–Crippen MR) is 516 cm³/mol. The van der Waals surface area contributed by atoms with Crippen molar-refractivity contribution in [3.05, 3.63) is 253 Å². The van der Waals surface area contributed by atoms with Crippen LogP contribution in [0, 0.1) is 20.8 Å². The Morgan fingerprint density at radius 3 is 1.29 bits per heavy atom. The van der Waals surface area contributed by atoms with E-state index in [-0.39, 0.29) is 60.9 Å². The summed E-state index contributed by atoms with van der Waals surface area (Å²) < 4.78 is 118. The summed E-state index contributed by atoms with van der Waals surface area (Å²) in [6, 6.07) is 27.8. The monoisotopic (exact) mass is 2310 g/mol. The number of alkyl halides is 7. The number of ether oxygens (including phenoxy) is 4. The molecule has 1 aliphatic rings. The van der Waals surface area contributed by atoms with Crippen LogP contribution >= 0.6 is 211 Å². The lowest BCUT2D eigenvalue weighted by Crippen LogP contribution is -2.41. The molecule has 8 aromatic heterocycles. The average Bonchev–Trinajstić information content (AvgIpc) is 1.58. The number of carbonyl (C=O) groups is 3. The predicted octanol–water partition coefficient (Wildman–Crippen LogP) is 31.0. The number of pyridine rings is 6. The number of aldehydes is 1. The third kappa shape index (κ3) is 30.7. The molecular weight excluding hydrogens is 2240 g/mol. The van der Waals surface area contributed by atoms with E-state index in [4.69, 9.17) is 126 Å². The summed E-state index contributed by atoms with van der Waals surface area (Å²) in [5, 5.41) is 4.16. The van der Waals surface area contributed by atoms with Crippen molar-refractivity contribution >= 4 is 262 Å². The van der Waals surface area contributed by atoms with Gasteiger partial charge in [-0.05, 0) is 247 Å². The van der Waals surface area contributed by atoms with Gasteiger partial charge in [0, 0.05) is 115 Å². The highest BCUT2D eigenvalue weighted by Gasteiger charge is 2.53. The quantitative estimate of drug-likeness (QED) is 0.0207. The van der Waals surface area contributed by atoms with Crippen LogP contribution in [-0.2, 0) is 43.2 Å². The van der Waals surface area contributed by atoms with Crippen LogP contribution in [0.2, 0.25) is 41.0 Å². The second-order valence-corrected chi connectivity index (χ2v) is 40.2. The molecule has 1 fully saturated rings. The van der Waals surface area contributed by atoms with E-state index in [1.165, 1.54) is 47.1 Å². The summed E-state index contributed by atoms with van der Waals surface area (Å²) in [6.45, 7) is 28.6. The molecule has 0 spiro atoms. The van der Waals surface area contributed by atoms with E-state index in [9.17, 15) is 40.7 Å². The van der Waals surface area contributed by atoms with Crippen molar-refractivity contribution in [2.24, 2.45) is 0 Å². The van der Waals surface area contributed by atoms with E-state index < -0.39 is 72.9 Å². The molecule has 0 N–H and O–H groups in total. The van der Waals surface area contributed by atoms with Gasteiger partial charge in [-0.3, -0.25) is 4.79 Å². The Morgan fingerprint density at radius 2 is 0.881 bits per heavy atom. The molecule has 0 unspecified atom stereocenters. The zero-order chi connectivity index (χ0) is 93.9. The summed E-state index contributed by atoms with van der Waals surface area (Å²) in [4.78, 5) is 68.2. The molecule has 672 valence electrons. The van der Waals surface area contributed by atoms with E-state index in [2.05, 4.69) is 130 Å². The number of carbonyl (C=O) groups excluding carboxylic acids is 3. The normalized spacial score (nSPS) is 13.2. The van der Waals surface area contributed by atoms with E-state index in [0.29, 0.717) is 68.2 Å². The van der Waals surface area contributed by atoms with Crippen molar-refractivity contribution in [3.8, 4) is 32.8 Å². The molecule has 0 radical (unpaired) electrons. The first-order valence-electron chi connectivity index (χ1n) is 37.4. The molecule has 126 heavy (non-hydrogen) atoms. The Kier molecular flexibility index (Phi) is 41.5. The lowest BCUT2D eigenvalue weighted by molar-refractivity contribution is -0.167. The van der Waals surface area contributed by atoms with Gasteiger partial charge in [-0.25, -0.2) is 75.8 Å². The maximum Gasteiger partial charge on any atom is 0.495 e. The highest BCUT2D eigenvalue weighted by atomic mass is 79.9. The molecule has 0 aliphatic carbocycles. The zero-order valence-corrected chi connectivity index (χ0v) is 86.7. The molecule has 1 aliphatic heterocycles. The molecule has 0 saturated carbocycles. The maximum absolute atomic E-state index is 13.8. The van der Waals surface area contributed by atoms with Gasteiger partial charge < -0.3 is 28.3 Å². The molecule has 17 nitrogen and oxygen atoms in total. The number of rotatable bonds is 17. The Balaban J connectivity index is 0.000000217. The number of halogens is 20. The largest absolute Gasteiger partial charge is 0.495 e. The van der Waals surface area contributed by atoms with Crippen molar-refractivity contribution in [2.75, 3.05) is 13.2 Å². The summed E-state index contributed by atoms with van der Waals surface area (Å²) in [6.07, 6.45) is -1.05. The molecule has 0 amide bonds.